The zero-order valence-corrected chi connectivity index (χ0v) is 8.74. The Bertz CT molecular complexity index is 261. The Balaban J connectivity index is 2.92. The molecule has 1 fully saturated rings. The number of hydrogen-bond donors (Lipinski definition) is 1. The first kappa shape index (κ1) is 11.2. The van der Waals surface area contributed by atoms with E-state index in [2.05, 4.69) is 6.58 Å². The summed E-state index contributed by atoms with van der Waals surface area (Å²) in [7, 11) is 1.34. The Morgan fingerprint density at radius 2 is 2.29 bits per heavy atom. The van der Waals surface area contributed by atoms with Crippen LogP contribution < -0.4 is 0 Å². The molecule has 0 aliphatic carbocycles. The van der Waals surface area contributed by atoms with Crippen LogP contribution in [0.5, 0.6) is 0 Å². The molecule has 1 aliphatic rings. The average Bonchev–Trinajstić information content (AvgIpc) is 2.13. The van der Waals surface area contributed by atoms with Crippen LogP contribution in [0, 0.1) is 5.92 Å². The van der Waals surface area contributed by atoms with Crippen LogP contribution in [-0.4, -0.2) is 30.1 Å². The van der Waals surface area contributed by atoms with E-state index in [4.69, 9.17) is 14.6 Å². The van der Waals surface area contributed by atoms with Crippen molar-refractivity contribution in [1.29, 1.82) is 0 Å². The molecule has 0 spiro atoms. The lowest BCUT2D eigenvalue weighted by atomic mass is 9.88. The largest absolute Gasteiger partial charge is 0.477 e. The van der Waals surface area contributed by atoms with Crippen LogP contribution in [-0.2, 0) is 14.3 Å². The second kappa shape index (κ2) is 3.71. The van der Waals surface area contributed by atoms with Crippen LogP contribution in [0.15, 0.2) is 12.2 Å². The molecular weight excluding hydrogens is 184 g/mol. The smallest absolute Gasteiger partial charge is 0.364 e. The molecule has 0 aromatic rings. The van der Waals surface area contributed by atoms with E-state index in [1.54, 1.807) is 0 Å². The van der Waals surface area contributed by atoms with Gasteiger partial charge in [-0.2, -0.15) is 0 Å². The third-order valence-electron chi connectivity index (χ3n) is 2.84. The molecule has 1 saturated heterocycles. The second-order valence-electron chi connectivity index (χ2n) is 3.71. The molecular formula is C10H16O4. The van der Waals surface area contributed by atoms with Gasteiger partial charge in [-0.05, 0) is 6.92 Å². The summed E-state index contributed by atoms with van der Waals surface area (Å²) in [6.45, 7) is 7.64. The quantitative estimate of drug-likeness (QED) is 0.685. The minimum atomic E-state index is -1.54. The zero-order chi connectivity index (χ0) is 10.9. The van der Waals surface area contributed by atoms with E-state index in [1.807, 2.05) is 13.8 Å². The summed E-state index contributed by atoms with van der Waals surface area (Å²) in [5.74, 6) is -2.47. The maximum atomic E-state index is 11.0. The lowest BCUT2D eigenvalue weighted by Crippen LogP contribution is -2.51. The molecule has 0 saturated carbocycles. The van der Waals surface area contributed by atoms with Crippen LogP contribution in [0.25, 0.3) is 0 Å². The number of carbonyl (C=O) groups is 1. The van der Waals surface area contributed by atoms with Gasteiger partial charge in [-0.15, -0.1) is 0 Å². The predicted molar refractivity (Wildman–Crippen MR) is 50.8 cm³/mol. The van der Waals surface area contributed by atoms with Crippen molar-refractivity contribution in [2.45, 2.75) is 32.2 Å². The van der Waals surface area contributed by atoms with Gasteiger partial charge in [0, 0.05) is 19.4 Å². The molecule has 3 atom stereocenters. The van der Waals surface area contributed by atoms with Gasteiger partial charge in [0.05, 0.1) is 6.10 Å². The second-order valence-corrected chi connectivity index (χ2v) is 3.71. The lowest BCUT2D eigenvalue weighted by molar-refractivity contribution is -0.262. The Hall–Kier alpha value is -0.870. The molecule has 0 bridgehead atoms. The highest BCUT2D eigenvalue weighted by atomic mass is 16.7. The first-order valence-electron chi connectivity index (χ1n) is 4.57. The number of rotatable bonds is 2. The molecule has 0 radical (unpaired) electrons. The normalized spacial score (nSPS) is 38.4. The van der Waals surface area contributed by atoms with Crippen LogP contribution in [0.1, 0.15) is 20.3 Å². The van der Waals surface area contributed by atoms with Gasteiger partial charge in [-0.1, -0.05) is 19.1 Å². The number of ether oxygens (including phenoxy) is 2. The summed E-state index contributed by atoms with van der Waals surface area (Å²) >= 11 is 0. The fourth-order valence-electron chi connectivity index (χ4n) is 1.57. The SMILES string of the molecule is C=C1C[C@](OC)(C(=O)O)O[C@H](C)[C@@H]1C. The zero-order valence-electron chi connectivity index (χ0n) is 8.74. The van der Waals surface area contributed by atoms with Crippen molar-refractivity contribution in [2.75, 3.05) is 7.11 Å². The fourth-order valence-corrected chi connectivity index (χ4v) is 1.57. The van der Waals surface area contributed by atoms with Crippen molar-refractivity contribution in [3.05, 3.63) is 12.2 Å². The van der Waals surface area contributed by atoms with Crippen molar-refractivity contribution in [1.82, 2.24) is 0 Å². The van der Waals surface area contributed by atoms with E-state index >= 15 is 0 Å². The highest BCUT2D eigenvalue weighted by molar-refractivity contribution is 5.76. The minimum Gasteiger partial charge on any atom is -0.477 e. The van der Waals surface area contributed by atoms with Crippen LogP contribution in [0.3, 0.4) is 0 Å². The molecule has 1 N–H and O–H groups in total. The Kier molecular flexibility index (Phi) is 2.97. The molecule has 1 aliphatic heterocycles. The van der Waals surface area contributed by atoms with Crippen LogP contribution in [0.4, 0.5) is 0 Å². The van der Waals surface area contributed by atoms with Gasteiger partial charge in [0.1, 0.15) is 0 Å². The van der Waals surface area contributed by atoms with E-state index in [-0.39, 0.29) is 18.4 Å². The summed E-state index contributed by atoms with van der Waals surface area (Å²) in [5.41, 5.74) is 0.855. The van der Waals surface area contributed by atoms with E-state index in [1.165, 1.54) is 7.11 Å². The molecule has 4 nitrogen and oxygen atoms in total. The van der Waals surface area contributed by atoms with Gasteiger partial charge < -0.3 is 14.6 Å². The number of aliphatic carboxylic acids is 1. The third-order valence-corrected chi connectivity index (χ3v) is 2.84. The summed E-state index contributed by atoms with van der Waals surface area (Å²) in [6.07, 6.45) is 0.0250. The third kappa shape index (κ3) is 1.67. The van der Waals surface area contributed by atoms with Crippen molar-refractivity contribution in [3.63, 3.8) is 0 Å². The van der Waals surface area contributed by atoms with E-state index in [0.717, 1.165) is 5.57 Å². The van der Waals surface area contributed by atoms with Crippen LogP contribution in [0.2, 0.25) is 0 Å². The van der Waals surface area contributed by atoms with E-state index < -0.39 is 11.8 Å². The molecule has 80 valence electrons. The Labute approximate surface area is 83.5 Å². The van der Waals surface area contributed by atoms with Gasteiger partial charge in [0.15, 0.2) is 0 Å². The van der Waals surface area contributed by atoms with Crippen molar-refractivity contribution < 1.29 is 19.4 Å². The van der Waals surface area contributed by atoms with Gasteiger partial charge in [-0.3, -0.25) is 0 Å². The van der Waals surface area contributed by atoms with Crippen molar-refractivity contribution >= 4 is 5.97 Å². The van der Waals surface area contributed by atoms with Gasteiger partial charge in [-0.25, -0.2) is 4.79 Å². The predicted octanol–water partition coefficient (Wildman–Crippen LogP) is 1.41. The molecule has 0 aromatic carbocycles. The molecule has 4 heteroatoms. The summed E-state index contributed by atoms with van der Waals surface area (Å²) in [4.78, 5) is 11.0. The molecule has 0 amide bonds. The van der Waals surface area contributed by atoms with Crippen LogP contribution >= 0.6 is 0 Å². The highest BCUT2D eigenvalue weighted by Gasteiger charge is 2.47. The summed E-state index contributed by atoms with van der Waals surface area (Å²) < 4.78 is 10.3. The molecule has 1 heterocycles. The molecule has 0 aromatic heterocycles. The number of hydrogen-bond acceptors (Lipinski definition) is 3. The topological polar surface area (TPSA) is 55.8 Å². The number of methoxy groups -OCH3 is 1. The average molecular weight is 200 g/mol. The Morgan fingerprint density at radius 3 is 2.64 bits per heavy atom. The summed E-state index contributed by atoms with van der Waals surface area (Å²) in [6, 6.07) is 0. The molecule has 14 heavy (non-hydrogen) atoms. The fraction of sp³-hybridized carbons (Fsp3) is 0.700. The molecule has 1 rings (SSSR count). The van der Waals surface area contributed by atoms with Gasteiger partial charge >= 0.3 is 5.97 Å². The van der Waals surface area contributed by atoms with E-state index in [9.17, 15) is 4.79 Å². The first-order valence-corrected chi connectivity index (χ1v) is 4.57. The highest BCUT2D eigenvalue weighted by Crippen LogP contribution is 2.36. The minimum absolute atomic E-state index is 0.164. The lowest BCUT2D eigenvalue weighted by Gasteiger charge is -2.40. The number of carboxylic acid groups (broad SMARTS) is 1. The number of carboxylic acids is 1. The standard InChI is InChI=1S/C10H16O4/c1-6-5-10(13-4,9(11)12)14-8(3)7(6)2/h7-8H,1,5H2,2-4H3,(H,11,12)/t7-,8-,10-/m1/s1. The van der Waals surface area contributed by atoms with E-state index in [0.29, 0.717) is 0 Å². The monoisotopic (exact) mass is 200 g/mol. The summed E-state index contributed by atoms with van der Waals surface area (Å²) in [5, 5.41) is 9.02. The maximum Gasteiger partial charge on any atom is 0.364 e. The van der Waals surface area contributed by atoms with Gasteiger partial charge in [0.2, 0.25) is 0 Å². The van der Waals surface area contributed by atoms with Gasteiger partial charge in [0.25, 0.3) is 5.79 Å². The first-order chi connectivity index (χ1) is 6.43. The Morgan fingerprint density at radius 1 is 1.71 bits per heavy atom. The molecule has 0 unspecified atom stereocenters. The van der Waals surface area contributed by atoms with Crippen molar-refractivity contribution in [3.8, 4) is 0 Å². The van der Waals surface area contributed by atoms with Crippen molar-refractivity contribution in [2.24, 2.45) is 5.92 Å². The maximum absolute atomic E-state index is 11.0.